The highest BCUT2D eigenvalue weighted by Crippen LogP contribution is 2.12. The molecule has 15 heavy (non-hydrogen) atoms. The molecule has 0 aliphatic rings. The third kappa shape index (κ3) is 3.46. The first-order valence-corrected chi connectivity index (χ1v) is 4.67. The van der Waals surface area contributed by atoms with E-state index in [1.165, 1.54) is 6.26 Å². The lowest BCUT2D eigenvalue weighted by molar-refractivity contribution is 0.0949. The summed E-state index contributed by atoms with van der Waals surface area (Å²) in [5.74, 6) is 0.799. The van der Waals surface area contributed by atoms with E-state index in [2.05, 4.69) is 6.58 Å². The maximum atomic E-state index is 11.6. The van der Waals surface area contributed by atoms with Crippen LogP contribution in [0.15, 0.2) is 37.1 Å². The van der Waals surface area contributed by atoms with Crippen LogP contribution in [0.25, 0.3) is 0 Å². The molecule has 0 fully saturated rings. The van der Waals surface area contributed by atoms with Gasteiger partial charge in [0, 0.05) is 12.0 Å². The Balaban J connectivity index is 2.54. The Labute approximate surface area is 89.3 Å². The van der Waals surface area contributed by atoms with Gasteiger partial charge in [0.1, 0.15) is 5.75 Å². The van der Waals surface area contributed by atoms with Gasteiger partial charge in [0.2, 0.25) is 0 Å². The molecule has 0 aromatic heterocycles. The largest absolute Gasteiger partial charge is 0.501 e. The van der Waals surface area contributed by atoms with Crippen molar-refractivity contribution in [1.82, 2.24) is 0 Å². The number of ether oxygens (including phenoxy) is 2. The van der Waals surface area contributed by atoms with E-state index in [0.29, 0.717) is 18.6 Å². The van der Waals surface area contributed by atoms with E-state index in [1.54, 1.807) is 31.4 Å². The van der Waals surface area contributed by atoms with E-state index in [-0.39, 0.29) is 5.78 Å². The van der Waals surface area contributed by atoms with E-state index in [9.17, 15) is 4.79 Å². The number of hydrogen-bond acceptors (Lipinski definition) is 3. The van der Waals surface area contributed by atoms with Crippen molar-refractivity contribution < 1.29 is 14.3 Å². The van der Waals surface area contributed by atoms with Gasteiger partial charge in [0.25, 0.3) is 0 Å². The fourth-order valence-electron chi connectivity index (χ4n) is 1.16. The molecule has 0 spiro atoms. The van der Waals surface area contributed by atoms with Crippen LogP contribution < -0.4 is 4.74 Å². The maximum Gasteiger partial charge on any atom is 0.166 e. The van der Waals surface area contributed by atoms with Gasteiger partial charge in [-0.15, -0.1) is 0 Å². The van der Waals surface area contributed by atoms with E-state index >= 15 is 0 Å². The maximum absolute atomic E-state index is 11.6. The number of carbonyl (C=O) groups is 1. The van der Waals surface area contributed by atoms with E-state index < -0.39 is 0 Å². The van der Waals surface area contributed by atoms with Gasteiger partial charge in [-0.2, -0.15) is 0 Å². The zero-order valence-corrected chi connectivity index (χ0v) is 8.73. The van der Waals surface area contributed by atoms with E-state index in [4.69, 9.17) is 9.47 Å². The highest BCUT2D eigenvalue weighted by Gasteiger charge is 2.05. The fourth-order valence-corrected chi connectivity index (χ4v) is 1.16. The van der Waals surface area contributed by atoms with Crippen LogP contribution in [0.2, 0.25) is 0 Å². The average molecular weight is 206 g/mol. The molecule has 80 valence electrons. The number of methoxy groups -OCH3 is 1. The molecule has 1 rings (SSSR count). The van der Waals surface area contributed by atoms with E-state index in [0.717, 1.165) is 5.75 Å². The number of carbonyl (C=O) groups excluding carboxylic acids is 1. The molecule has 1 aromatic rings. The van der Waals surface area contributed by atoms with Crippen molar-refractivity contribution in [2.75, 3.05) is 13.7 Å². The number of rotatable bonds is 6. The van der Waals surface area contributed by atoms with Crippen molar-refractivity contribution in [1.29, 1.82) is 0 Å². The summed E-state index contributed by atoms with van der Waals surface area (Å²) in [6.07, 6.45) is 1.69. The highest BCUT2D eigenvalue weighted by atomic mass is 16.5. The molecule has 0 N–H and O–H groups in total. The number of Topliss-reactive ketones (excluding diaryl/α,β-unsaturated/α-hetero) is 1. The number of ketones is 1. The monoisotopic (exact) mass is 206 g/mol. The molecule has 0 saturated heterocycles. The number of hydrogen-bond donors (Lipinski definition) is 0. The van der Waals surface area contributed by atoms with Gasteiger partial charge < -0.3 is 9.47 Å². The van der Waals surface area contributed by atoms with Gasteiger partial charge in [-0.1, -0.05) is 6.58 Å². The second-order valence-electron chi connectivity index (χ2n) is 2.94. The lowest BCUT2D eigenvalue weighted by Crippen LogP contribution is -2.02. The lowest BCUT2D eigenvalue weighted by atomic mass is 10.1. The summed E-state index contributed by atoms with van der Waals surface area (Å²) in [6, 6.07) is 7.02. The normalized spacial score (nSPS) is 9.40. The summed E-state index contributed by atoms with van der Waals surface area (Å²) in [7, 11) is 1.59. The highest BCUT2D eigenvalue weighted by molar-refractivity contribution is 5.96. The van der Waals surface area contributed by atoms with Crippen LogP contribution in [0.1, 0.15) is 16.8 Å². The summed E-state index contributed by atoms with van der Waals surface area (Å²) in [5.41, 5.74) is 0.670. The molecule has 0 aliphatic heterocycles. The topological polar surface area (TPSA) is 35.5 Å². The van der Waals surface area contributed by atoms with Gasteiger partial charge in [-0.3, -0.25) is 4.79 Å². The Morgan fingerprint density at radius 1 is 1.40 bits per heavy atom. The summed E-state index contributed by atoms with van der Waals surface area (Å²) < 4.78 is 9.89. The molecule has 0 radical (unpaired) electrons. The minimum Gasteiger partial charge on any atom is -0.501 e. The molecular weight excluding hydrogens is 192 g/mol. The second-order valence-corrected chi connectivity index (χ2v) is 2.94. The quantitative estimate of drug-likeness (QED) is 0.407. The third-order valence-electron chi connectivity index (χ3n) is 1.98. The lowest BCUT2D eigenvalue weighted by Gasteiger charge is -2.02. The smallest absolute Gasteiger partial charge is 0.166 e. The molecule has 0 heterocycles. The standard InChI is InChI=1S/C12H14O3/c1-3-15-9-8-12(13)10-4-6-11(14-2)7-5-10/h3-7H,1,8-9H2,2H3. The van der Waals surface area contributed by atoms with Crippen LogP contribution in [-0.2, 0) is 4.74 Å². The first-order valence-electron chi connectivity index (χ1n) is 4.67. The Morgan fingerprint density at radius 3 is 2.60 bits per heavy atom. The molecule has 0 aliphatic carbocycles. The minimum atomic E-state index is 0.0551. The van der Waals surface area contributed by atoms with Crippen LogP contribution in [0, 0.1) is 0 Å². The van der Waals surface area contributed by atoms with Crippen molar-refractivity contribution >= 4 is 5.78 Å². The second kappa shape index (κ2) is 5.86. The fraction of sp³-hybridized carbons (Fsp3) is 0.250. The van der Waals surface area contributed by atoms with Gasteiger partial charge in [-0.05, 0) is 24.3 Å². The summed E-state index contributed by atoms with van der Waals surface area (Å²) in [4.78, 5) is 11.6. The van der Waals surface area contributed by atoms with Gasteiger partial charge in [-0.25, -0.2) is 0 Å². The Bertz CT molecular complexity index is 327. The van der Waals surface area contributed by atoms with Crippen molar-refractivity contribution in [2.24, 2.45) is 0 Å². The third-order valence-corrected chi connectivity index (χ3v) is 1.98. The van der Waals surface area contributed by atoms with Crippen molar-refractivity contribution in [3.8, 4) is 5.75 Å². The zero-order valence-electron chi connectivity index (χ0n) is 8.73. The van der Waals surface area contributed by atoms with Crippen molar-refractivity contribution in [3.63, 3.8) is 0 Å². The molecule has 0 unspecified atom stereocenters. The molecule has 1 aromatic carbocycles. The molecule has 0 amide bonds. The average Bonchev–Trinajstić information content (AvgIpc) is 2.29. The van der Waals surface area contributed by atoms with Crippen LogP contribution in [0.5, 0.6) is 5.75 Å². The summed E-state index contributed by atoms with van der Waals surface area (Å²) in [5, 5.41) is 0. The zero-order chi connectivity index (χ0) is 11.1. The van der Waals surface area contributed by atoms with Crippen molar-refractivity contribution in [3.05, 3.63) is 42.7 Å². The predicted molar refractivity (Wildman–Crippen MR) is 58.1 cm³/mol. The van der Waals surface area contributed by atoms with E-state index in [1.807, 2.05) is 0 Å². The first-order chi connectivity index (χ1) is 7.27. The molecule has 0 saturated carbocycles. The molecule has 3 heteroatoms. The first kappa shape index (κ1) is 11.3. The molecule has 0 atom stereocenters. The Morgan fingerprint density at radius 2 is 2.07 bits per heavy atom. The SMILES string of the molecule is C=COCCC(=O)c1ccc(OC)cc1. The number of benzene rings is 1. The molecule has 0 bridgehead atoms. The van der Waals surface area contributed by atoms with Gasteiger partial charge in [0.15, 0.2) is 5.78 Å². The summed E-state index contributed by atoms with van der Waals surface area (Å²) in [6.45, 7) is 3.77. The summed E-state index contributed by atoms with van der Waals surface area (Å²) >= 11 is 0. The molecule has 3 nitrogen and oxygen atoms in total. The Hall–Kier alpha value is -1.77. The molecular formula is C12H14O3. The van der Waals surface area contributed by atoms with Crippen LogP contribution >= 0.6 is 0 Å². The van der Waals surface area contributed by atoms with Crippen LogP contribution in [0.4, 0.5) is 0 Å². The van der Waals surface area contributed by atoms with Gasteiger partial charge in [0.05, 0.1) is 20.0 Å². The predicted octanol–water partition coefficient (Wildman–Crippen LogP) is 2.43. The minimum absolute atomic E-state index is 0.0551. The van der Waals surface area contributed by atoms with Gasteiger partial charge >= 0.3 is 0 Å². The Kier molecular flexibility index (Phi) is 4.41. The van der Waals surface area contributed by atoms with Crippen molar-refractivity contribution in [2.45, 2.75) is 6.42 Å². The van der Waals surface area contributed by atoms with Crippen LogP contribution in [-0.4, -0.2) is 19.5 Å². The van der Waals surface area contributed by atoms with Crippen LogP contribution in [0.3, 0.4) is 0 Å².